The van der Waals surface area contributed by atoms with E-state index in [1.54, 1.807) is 32.2 Å². The first-order valence-electron chi connectivity index (χ1n) is 8.97. The number of hydrogen-bond donors (Lipinski definition) is 1. The van der Waals surface area contributed by atoms with E-state index in [0.29, 0.717) is 28.7 Å². The molecular formula is C20H20N2O6. The first-order chi connectivity index (χ1) is 13.3. The van der Waals surface area contributed by atoms with E-state index in [9.17, 15) is 19.5 Å². The number of aliphatic hydroxyl groups is 1. The smallest absolute Gasteiger partial charge is 0.419 e. The van der Waals surface area contributed by atoms with Crippen molar-refractivity contribution in [1.29, 1.82) is 0 Å². The molecule has 2 aliphatic heterocycles. The predicted octanol–water partition coefficient (Wildman–Crippen LogP) is 1.18. The molecule has 1 fully saturated rings. The number of amides is 1. The molecule has 4 rings (SSSR count). The van der Waals surface area contributed by atoms with Gasteiger partial charge >= 0.3 is 11.7 Å². The molecule has 2 aromatic rings. The number of nitrogens with zero attached hydrogens (tertiary/aromatic N) is 2. The Morgan fingerprint density at radius 1 is 1.46 bits per heavy atom. The normalized spacial score (nSPS) is 22.2. The molecule has 3 atom stereocenters. The Morgan fingerprint density at radius 3 is 2.89 bits per heavy atom. The molecule has 8 nitrogen and oxygen atoms in total. The van der Waals surface area contributed by atoms with E-state index in [0.717, 1.165) is 0 Å². The van der Waals surface area contributed by atoms with Crippen LogP contribution in [0.25, 0.3) is 16.7 Å². The zero-order chi connectivity index (χ0) is 20.2. The highest BCUT2D eigenvalue weighted by molar-refractivity contribution is 6.07. The molecule has 0 saturated carbocycles. The van der Waals surface area contributed by atoms with Crippen LogP contribution < -0.4 is 5.76 Å². The molecule has 1 saturated heterocycles. The van der Waals surface area contributed by atoms with Crippen molar-refractivity contribution in [1.82, 2.24) is 9.47 Å². The van der Waals surface area contributed by atoms with Gasteiger partial charge in [0.15, 0.2) is 5.58 Å². The Morgan fingerprint density at radius 2 is 2.21 bits per heavy atom. The molecule has 28 heavy (non-hydrogen) atoms. The average molecular weight is 384 g/mol. The number of aromatic nitrogens is 1. The fourth-order valence-electron chi connectivity index (χ4n) is 4.04. The van der Waals surface area contributed by atoms with Gasteiger partial charge in [0.25, 0.3) is 0 Å². The fourth-order valence-corrected chi connectivity index (χ4v) is 4.04. The Balaban J connectivity index is 1.81. The summed E-state index contributed by atoms with van der Waals surface area (Å²) in [6.07, 6.45) is 1.04. The summed E-state index contributed by atoms with van der Waals surface area (Å²) in [5.74, 6) is -1.96. The molecule has 146 valence electrons. The van der Waals surface area contributed by atoms with Crippen molar-refractivity contribution >= 4 is 28.5 Å². The maximum Gasteiger partial charge on any atom is 0.419 e. The minimum absolute atomic E-state index is 0.0226. The molecule has 1 amide bonds. The van der Waals surface area contributed by atoms with Gasteiger partial charge < -0.3 is 19.2 Å². The third-order valence-corrected chi connectivity index (χ3v) is 5.39. The number of ether oxygens (including phenoxy) is 1. The largest absolute Gasteiger partial charge is 0.457 e. The second kappa shape index (κ2) is 6.49. The van der Waals surface area contributed by atoms with Gasteiger partial charge in [-0.05, 0) is 36.6 Å². The average Bonchev–Trinajstić information content (AvgIpc) is 3.14. The van der Waals surface area contributed by atoms with Crippen LogP contribution in [0.2, 0.25) is 0 Å². The molecule has 0 spiro atoms. The molecule has 1 N–H and O–H groups in total. The third kappa shape index (κ3) is 2.52. The molecule has 8 heteroatoms. The van der Waals surface area contributed by atoms with Crippen molar-refractivity contribution in [3.8, 4) is 0 Å². The quantitative estimate of drug-likeness (QED) is 0.472. The zero-order valence-corrected chi connectivity index (χ0v) is 15.5. The number of carbonyl (C=O) groups excluding carboxylic acids is 2. The lowest BCUT2D eigenvalue weighted by atomic mass is 9.82. The van der Waals surface area contributed by atoms with E-state index in [-0.39, 0.29) is 24.3 Å². The predicted molar refractivity (Wildman–Crippen MR) is 100.0 cm³/mol. The summed E-state index contributed by atoms with van der Waals surface area (Å²) >= 11 is 0. The highest BCUT2D eigenvalue weighted by Gasteiger charge is 2.57. The Bertz CT molecular complexity index is 1090. The van der Waals surface area contributed by atoms with Crippen LogP contribution in [0.3, 0.4) is 0 Å². The Kier molecular flexibility index (Phi) is 4.23. The van der Waals surface area contributed by atoms with Crippen LogP contribution >= 0.6 is 0 Å². The van der Waals surface area contributed by atoms with E-state index in [4.69, 9.17) is 9.15 Å². The van der Waals surface area contributed by atoms with Crippen LogP contribution in [0, 0.1) is 5.92 Å². The van der Waals surface area contributed by atoms with Gasteiger partial charge in [0.2, 0.25) is 5.91 Å². The molecule has 0 radical (unpaired) electrons. The number of esters is 1. The van der Waals surface area contributed by atoms with Gasteiger partial charge in [-0.25, -0.2) is 9.59 Å². The summed E-state index contributed by atoms with van der Waals surface area (Å²) in [7, 11) is 1.61. The van der Waals surface area contributed by atoms with Crippen LogP contribution in [0.15, 0.2) is 45.8 Å². The van der Waals surface area contributed by atoms with Crippen molar-refractivity contribution in [2.45, 2.75) is 25.5 Å². The van der Waals surface area contributed by atoms with E-state index in [1.165, 1.54) is 15.5 Å². The number of aryl methyl sites for hydroxylation is 1. The van der Waals surface area contributed by atoms with Gasteiger partial charge in [-0.15, -0.1) is 0 Å². The van der Waals surface area contributed by atoms with Crippen LogP contribution in [0.5, 0.6) is 0 Å². The van der Waals surface area contributed by atoms with E-state index < -0.39 is 23.7 Å². The molecule has 0 bridgehead atoms. The summed E-state index contributed by atoms with van der Waals surface area (Å²) in [4.78, 5) is 38.4. The number of fused-ring (bicyclic) bond motifs is 2. The lowest BCUT2D eigenvalue weighted by molar-refractivity contribution is -0.162. The topological polar surface area (TPSA) is 102 Å². The van der Waals surface area contributed by atoms with Gasteiger partial charge in [-0.1, -0.05) is 18.7 Å². The third-order valence-electron chi connectivity index (χ3n) is 5.39. The summed E-state index contributed by atoms with van der Waals surface area (Å²) in [5.41, 5.74) is 2.49. The van der Waals surface area contributed by atoms with Gasteiger partial charge in [0, 0.05) is 7.05 Å². The number of rotatable bonds is 5. The maximum atomic E-state index is 12.7. The monoisotopic (exact) mass is 384 g/mol. The van der Waals surface area contributed by atoms with Crippen molar-refractivity contribution < 1.29 is 23.8 Å². The summed E-state index contributed by atoms with van der Waals surface area (Å²) < 4.78 is 11.8. The number of hydrogen-bond acceptors (Lipinski definition) is 6. The van der Waals surface area contributed by atoms with Gasteiger partial charge in [-0.3, -0.25) is 9.36 Å². The number of benzene rings is 1. The first-order valence-corrected chi connectivity index (χ1v) is 8.97. The van der Waals surface area contributed by atoms with Crippen LogP contribution in [-0.4, -0.2) is 45.2 Å². The summed E-state index contributed by atoms with van der Waals surface area (Å²) in [6.45, 7) is 5.12. The molecule has 1 aromatic heterocycles. The van der Waals surface area contributed by atoms with Crippen molar-refractivity contribution in [3.05, 3.63) is 52.7 Å². The number of carbonyl (C=O) groups is 2. The number of aliphatic hydroxyl groups excluding tert-OH is 1. The van der Waals surface area contributed by atoms with Crippen LogP contribution in [0.1, 0.15) is 18.9 Å². The SMILES string of the molecule is C=CCOC(=O)C1=C(c2ccc3c(c2)oc(=O)n3C)C[C@@H]2[C@@H]([C@@H](C)O)C(=O)N12. The van der Waals surface area contributed by atoms with Crippen LogP contribution in [0.4, 0.5) is 0 Å². The second-order valence-electron chi connectivity index (χ2n) is 7.07. The molecule has 3 heterocycles. The number of oxazole rings is 1. The number of β-lactam (4-membered cyclic amide) rings is 1. The minimum atomic E-state index is -0.812. The van der Waals surface area contributed by atoms with Gasteiger partial charge in [0.05, 0.1) is 23.6 Å². The van der Waals surface area contributed by atoms with E-state index >= 15 is 0 Å². The summed E-state index contributed by atoms with van der Waals surface area (Å²) in [6, 6.07) is 4.90. The van der Waals surface area contributed by atoms with E-state index in [1.807, 2.05) is 0 Å². The van der Waals surface area contributed by atoms with Gasteiger partial charge in [0.1, 0.15) is 12.3 Å². The standard InChI is InChI=1S/C20H20N2O6/c1-4-7-27-19(25)17-12(9-14-16(10(2)23)18(24)22(14)17)11-5-6-13-15(8-11)28-20(26)21(13)3/h4-6,8,10,14,16,23H,1,7,9H2,2-3H3/t10-,14-,16-/m1/s1. The highest BCUT2D eigenvalue weighted by Crippen LogP contribution is 2.47. The van der Waals surface area contributed by atoms with Crippen LogP contribution in [-0.2, 0) is 21.4 Å². The zero-order valence-electron chi connectivity index (χ0n) is 15.5. The molecule has 0 unspecified atom stereocenters. The molecule has 0 aliphatic carbocycles. The molecular weight excluding hydrogens is 364 g/mol. The Hall–Kier alpha value is -3.13. The van der Waals surface area contributed by atoms with Crippen molar-refractivity contribution in [2.75, 3.05) is 6.61 Å². The lowest BCUT2D eigenvalue weighted by Crippen LogP contribution is -2.61. The lowest BCUT2D eigenvalue weighted by Gasteiger charge is -2.44. The first kappa shape index (κ1) is 18.2. The van der Waals surface area contributed by atoms with E-state index in [2.05, 4.69) is 6.58 Å². The minimum Gasteiger partial charge on any atom is -0.457 e. The summed E-state index contributed by atoms with van der Waals surface area (Å²) in [5, 5.41) is 9.94. The Labute approximate surface area is 160 Å². The maximum absolute atomic E-state index is 12.7. The fraction of sp³-hybridized carbons (Fsp3) is 0.350. The van der Waals surface area contributed by atoms with Gasteiger partial charge in [-0.2, -0.15) is 0 Å². The van der Waals surface area contributed by atoms with Crippen molar-refractivity contribution in [2.24, 2.45) is 13.0 Å². The molecule has 2 aliphatic rings. The van der Waals surface area contributed by atoms with Crippen molar-refractivity contribution in [3.63, 3.8) is 0 Å². The highest BCUT2D eigenvalue weighted by atomic mass is 16.5. The molecule has 1 aromatic carbocycles. The second-order valence-corrected chi connectivity index (χ2v) is 7.07.